The molecular weight excluding hydrogens is 284 g/mol. The molecule has 1 aromatic carbocycles. The van der Waals surface area contributed by atoms with Gasteiger partial charge in [-0.2, -0.15) is 0 Å². The Morgan fingerprint density at radius 2 is 1.95 bits per heavy atom. The average Bonchev–Trinajstić information content (AvgIpc) is 2.51. The van der Waals surface area contributed by atoms with Crippen LogP contribution in [-0.2, 0) is 14.3 Å². The SMILES string of the molecule is COc1ccc(C2CC(OCC(C)C)=CC(=O)O2)cc1OC. The maximum absolute atomic E-state index is 11.7. The fourth-order valence-corrected chi connectivity index (χ4v) is 2.20. The molecule has 2 rings (SSSR count). The Kier molecular flexibility index (Phi) is 5.31. The number of hydrogen-bond acceptors (Lipinski definition) is 5. The van der Waals surface area contributed by atoms with Crippen molar-refractivity contribution in [2.24, 2.45) is 5.92 Å². The number of carbonyl (C=O) groups excluding carboxylic acids is 1. The van der Waals surface area contributed by atoms with Gasteiger partial charge in [-0.15, -0.1) is 0 Å². The van der Waals surface area contributed by atoms with Crippen molar-refractivity contribution in [2.45, 2.75) is 26.4 Å². The van der Waals surface area contributed by atoms with Crippen molar-refractivity contribution < 1.29 is 23.7 Å². The first-order valence-corrected chi connectivity index (χ1v) is 7.29. The van der Waals surface area contributed by atoms with Gasteiger partial charge in [-0.1, -0.05) is 19.9 Å². The van der Waals surface area contributed by atoms with E-state index in [1.54, 1.807) is 20.3 Å². The molecule has 1 unspecified atom stereocenters. The number of carbonyl (C=O) groups is 1. The number of benzene rings is 1. The van der Waals surface area contributed by atoms with Crippen LogP contribution in [0.15, 0.2) is 30.0 Å². The van der Waals surface area contributed by atoms with Gasteiger partial charge in [-0.3, -0.25) is 0 Å². The Balaban J connectivity index is 2.16. The molecule has 0 amide bonds. The molecule has 0 spiro atoms. The molecule has 0 saturated heterocycles. The highest BCUT2D eigenvalue weighted by molar-refractivity contribution is 5.83. The van der Waals surface area contributed by atoms with Gasteiger partial charge in [0.15, 0.2) is 11.5 Å². The summed E-state index contributed by atoms with van der Waals surface area (Å²) in [5, 5.41) is 0. The molecule has 1 atom stereocenters. The fraction of sp³-hybridized carbons (Fsp3) is 0.471. The van der Waals surface area contributed by atoms with Crippen molar-refractivity contribution in [1.29, 1.82) is 0 Å². The Morgan fingerprint density at radius 1 is 1.23 bits per heavy atom. The van der Waals surface area contributed by atoms with E-state index in [9.17, 15) is 4.79 Å². The van der Waals surface area contributed by atoms with E-state index in [0.717, 1.165) is 5.56 Å². The monoisotopic (exact) mass is 306 g/mol. The van der Waals surface area contributed by atoms with Crippen LogP contribution in [-0.4, -0.2) is 26.8 Å². The van der Waals surface area contributed by atoms with Crippen LogP contribution < -0.4 is 9.47 Å². The Bertz CT molecular complexity index is 562. The molecule has 1 aromatic rings. The molecule has 5 nitrogen and oxygen atoms in total. The second kappa shape index (κ2) is 7.20. The van der Waals surface area contributed by atoms with E-state index in [1.165, 1.54) is 6.08 Å². The summed E-state index contributed by atoms with van der Waals surface area (Å²) in [6, 6.07) is 5.49. The van der Waals surface area contributed by atoms with Gasteiger partial charge in [0.25, 0.3) is 0 Å². The summed E-state index contributed by atoms with van der Waals surface area (Å²) in [6.07, 6.45) is 1.56. The lowest BCUT2D eigenvalue weighted by Gasteiger charge is -2.24. The quantitative estimate of drug-likeness (QED) is 0.755. The molecule has 0 aromatic heterocycles. The Hall–Kier alpha value is -2.17. The van der Waals surface area contributed by atoms with Crippen LogP contribution in [0.3, 0.4) is 0 Å². The van der Waals surface area contributed by atoms with E-state index in [0.29, 0.717) is 36.2 Å². The summed E-state index contributed by atoms with van der Waals surface area (Å²) in [7, 11) is 3.16. The van der Waals surface area contributed by atoms with E-state index in [1.807, 2.05) is 12.1 Å². The van der Waals surface area contributed by atoms with Gasteiger partial charge in [0.2, 0.25) is 0 Å². The molecule has 0 bridgehead atoms. The van der Waals surface area contributed by atoms with Crippen molar-refractivity contribution in [1.82, 2.24) is 0 Å². The lowest BCUT2D eigenvalue weighted by molar-refractivity contribution is -0.146. The molecule has 22 heavy (non-hydrogen) atoms. The first kappa shape index (κ1) is 16.2. The first-order chi connectivity index (χ1) is 10.5. The van der Waals surface area contributed by atoms with Crippen molar-refractivity contribution in [3.05, 3.63) is 35.6 Å². The standard InChI is InChI=1S/C17H22O5/c1-11(2)10-21-13-8-15(22-17(18)9-13)12-5-6-14(19-3)16(7-12)20-4/h5-7,9,11,15H,8,10H2,1-4H3. The number of ether oxygens (including phenoxy) is 4. The normalized spacial score (nSPS) is 17.8. The number of methoxy groups -OCH3 is 2. The van der Waals surface area contributed by atoms with Gasteiger partial charge < -0.3 is 18.9 Å². The van der Waals surface area contributed by atoms with Gasteiger partial charge in [0.1, 0.15) is 11.9 Å². The predicted octanol–water partition coefficient (Wildman–Crippen LogP) is 3.25. The molecular formula is C17H22O5. The molecule has 0 saturated carbocycles. The van der Waals surface area contributed by atoms with Gasteiger partial charge in [0, 0.05) is 6.42 Å². The minimum absolute atomic E-state index is 0.375. The lowest BCUT2D eigenvalue weighted by Crippen LogP contribution is -2.18. The molecule has 1 aliphatic heterocycles. The topological polar surface area (TPSA) is 54.0 Å². The lowest BCUT2D eigenvalue weighted by atomic mass is 10.0. The Labute approximate surface area is 130 Å². The highest BCUT2D eigenvalue weighted by Crippen LogP contribution is 2.35. The highest BCUT2D eigenvalue weighted by atomic mass is 16.6. The van der Waals surface area contributed by atoms with Crippen LogP contribution >= 0.6 is 0 Å². The van der Waals surface area contributed by atoms with Crippen molar-refractivity contribution in [2.75, 3.05) is 20.8 Å². The maximum Gasteiger partial charge on any atom is 0.334 e. The summed E-state index contributed by atoms with van der Waals surface area (Å²) >= 11 is 0. The zero-order valence-corrected chi connectivity index (χ0v) is 13.4. The number of rotatable bonds is 6. The van der Waals surface area contributed by atoms with Crippen LogP contribution in [0, 0.1) is 5.92 Å². The number of cyclic esters (lactones) is 1. The molecule has 0 N–H and O–H groups in total. The summed E-state index contributed by atoms with van der Waals surface area (Å²) in [6.45, 7) is 4.71. The largest absolute Gasteiger partial charge is 0.497 e. The second-order valence-corrected chi connectivity index (χ2v) is 5.56. The van der Waals surface area contributed by atoms with Gasteiger partial charge >= 0.3 is 5.97 Å². The molecule has 0 radical (unpaired) electrons. The summed E-state index contributed by atoms with van der Waals surface area (Å²) in [5.74, 6) is 1.92. The molecule has 1 aliphatic rings. The third kappa shape index (κ3) is 3.93. The van der Waals surface area contributed by atoms with Gasteiger partial charge in [0.05, 0.1) is 26.9 Å². The summed E-state index contributed by atoms with van der Waals surface area (Å²) < 4.78 is 21.6. The van der Waals surface area contributed by atoms with Crippen LogP contribution in [0.5, 0.6) is 11.5 Å². The predicted molar refractivity (Wildman–Crippen MR) is 81.9 cm³/mol. The molecule has 120 valence electrons. The minimum Gasteiger partial charge on any atom is -0.497 e. The molecule has 0 fully saturated rings. The maximum atomic E-state index is 11.7. The van der Waals surface area contributed by atoms with Crippen molar-refractivity contribution in [3.63, 3.8) is 0 Å². The minimum atomic E-state index is -0.384. The number of esters is 1. The van der Waals surface area contributed by atoms with Crippen LogP contribution in [0.2, 0.25) is 0 Å². The zero-order chi connectivity index (χ0) is 16.1. The first-order valence-electron chi connectivity index (χ1n) is 7.29. The third-order valence-electron chi connectivity index (χ3n) is 3.31. The zero-order valence-electron chi connectivity index (χ0n) is 13.4. The molecule has 1 heterocycles. The second-order valence-electron chi connectivity index (χ2n) is 5.56. The molecule has 5 heteroatoms. The number of hydrogen-bond donors (Lipinski definition) is 0. The van der Waals surface area contributed by atoms with Crippen LogP contribution in [0.4, 0.5) is 0 Å². The summed E-state index contributed by atoms with van der Waals surface area (Å²) in [5.41, 5.74) is 0.852. The van der Waals surface area contributed by atoms with Crippen molar-refractivity contribution in [3.8, 4) is 11.5 Å². The fourth-order valence-electron chi connectivity index (χ4n) is 2.20. The van der Waals surface area contributed by atoms with E-state index < -0.39 is 0 Å². The summed E-state index contributed by atoms with van der Waals surface area (Å²) in [4.78, 5) is 11.7. The third-order valence-corrected chi connectivity index (χ3v) is 3.31. The highest BCUT2D eigenvalue weighted by Gasteiger charge is 2.25. The van der Waals surface area contributed by atoms with E-state index in [4.69, 9.17) is 18.9 Å². The van der Waals surface area contributed by atoms with E-state index in [-0.39, 0.29) is 12.1 Å². The van der Waals surface area contributed by atoms with E-state index >= 15 is 0 Å². The molecule has 0 aliphatic carbocycles. The van der Waals surface area contributed by atoms with Gasteiger partial charge in [-0.25, -0.2) is 4.79 Å². The van der Waals surface area contributed by atoms with Gasteiger partial charge in [-0.05, 0) is 23.6 Å². The van der Waals surface area contributed by atoms with Crippen LogP contribution in [0.25, 0.3) is 0 Å². The van der Waals surface area contributed by atoms with Crippen LogP contribution in [0.1, 0.15) is 31.9 Å². The Morgan fingerprint density at radius 3 is 2.59 bits per heavy atom. The van der Waals surface area contributed by atoms with Crippen molar-refractivity contribution >= 4 is 5.97 Å². The smallest absolute Gasteiger partial charge is 0.334 e. The average molecular weight is 306 g/mol. The van der Waals surface area contributed by atoms with E-state index in [2.05, 4.69) is 13.8 Å².